The number of H-pyrrole nitrogens is 1. The van der Waals surface area contributed by atoms with Crippen molar-refractivity contribution >= 4 is 11.6 Å². The number of amides is 1. The Morgan fingerprint density at radius 2 is 1.88 bits per heavy atom. The number of rotatable bonds is 4. The minimum absolute atomic E-state index is 0.114. The van der Waals surface area contributed by atoms with Crippen LogP contribution in [-0.4, -0.2) is 51.8 Å². The molecule has 1 fully saturated rings. The Hall–Kier alpha value is -3.02. The molecule has 6 heteroatoms. The van der Waals surface area contributed by atoms with E-state index in [4.69, 9.17) is 0 Å². The fourth-order valence-corrected chi connectivity index (χ4v) is 3.47. The largest absolute Gasteiger partial charge is 0.367 e. The molecule has 0 atom stereocenters. The quantitative estimate of drug-likeness (QED) is 0.786. The van der Waals surface area contributed by atoms with E-state index in [9.17, 15) is 4.79 Å². The smallest absolute Gasteiger partial charge is 0.255 e. The molecule has 0 bridgehead atoms. The molecule has 3 heterocycles. The molecule has 0 spiro atoms. The third kappa shape index (κ3) is 3.35. The fourth-order valence-electron chi connectivity index (χ4n) is 3.47. The van der Waals surface area contributed by atoms with Crippen molar-refractivity contribution in [3.05, 3.63) is 71.8 Å². The molecule has 2 aromatic heterocycles. The third-order valence-corrected chi connectivity index (χ3v) is 4.92. The zero-order valence-electron chi connectivity index (χ0n) is 14.9. The number of hydrogen-bond acceptors (Lipinski definition) is 3. The van der Waals surface area contributed by atoms with Gasteiger partial charge in [0.1, 0.15) is 0 Å². The van der Waals surface area contributed by atoms with Gasteiger partial charge in [0.05, 0.1) is 17.4 Å². The monoisotopic (exact) mass is 349 g/mol. The van der Waals surface area contributed by atoms with Crippen LogP contribution in [0.4, 0.5) is 5.69 Å². The molecular formula is C20H23N5O. The molecule has 1 aromatic carbocycles. The van der Waals surface area contributed by atoms with Crippen molar-refractivity contribution in [3.63, 3.8) is 0 Å². The molecule has 4 rings (SSSR count). The molecule has 1 saturated heterocycles. The highest BCUT2D eigenvalue weighted by Gasteiger charge is 2.24. The van der Waals surface area contributed by atoms with Gasteiger partial charge < -0.3 is 14.8 Å². The van der Waals surface area contributed by atoms with Crippen LogP contribution in [0.2, 0.25) is 0 Å². The molecule has 6 nitrogen and oxygen atoms in total. The lowest BCUT2D eigenvalue weighted by Crippen LogP contribution is -2.48. The fraction of sp³-hybridized carbons (Fsp3) is 0.300. The second kappa shape index (κ2) is 7.07. The van der Waals surface area contributed by atoms with Crippen LogP contribution in [0.5, 0.6) is 0 Å². The lowest BCUT2D eigenvalue weighted by molar-refractivity contribution is 0.0746. The van der Waals surface area contributed by atoms with E-state index in [0.717, 1.165) is 49.4 Å². The van der Waals surface area contributed by atoms with E-state index in [1.807, 2.05) is 59.6 Å². The van der Waals surface area contributed by atoms with Gasteiger partial charge in [-0.25, -0.2) is 0 Å². The predicted molar refractivity (Wildman–Crippen MR) is 101 cm³/mol. The molecule has 0 radical (unpaired) electrons. The lowest BCUT2D eigenvalue weighted by atomic mass is 10.0. The SMILES string of the molecule is Cn1cc(N2CCN(C(=O)c3c[nH]cc3Cc3ccccc3)CC2)cn1. The van der Waals surface area contributed by atoms with Crippen LogP contribution in [0.25, 0.3) is 0 Å². The van der Waals surface area contributed by atoms with E-state index in [1.54, 1.807) is 0 Å². The first kappa shape index (κ1) is 16.4. The summed E-state index contributed by atoms with van der Waals surface area (Å²) in [5, 5.41) is 4.23. The van der Waals surface area contributed by atoms with Gasteiger partial charge in [0, 0.05) is 51.8 Å². The van der Waals surface area contributed by atoms with Gasteiger partial charge in [-0.1, -0.05) is 30.3 Å². The predicted octanol–water partition coefficient (Wildman–Crippen LogP) is 2.30. The average molecular weight is 349 g/mol. The molecule has 1 aliphatic rings. The topological polar surface area (TPSA) is 57.2 Å². The minimum Gasteiger partial charge on any atom is -0.367 e. The van der Waals surface area contributed by atoms with Crippen LogP contribution >= 0.6 is 0 Å². The first-order valence-corrected chi connectivity index (χ1v) is 8.93. The van der Waals surface area contributed by atoms with Gasteiger partial charge in [-0.05, 0) is 17.5 Å². The summed E-state index contributed by atoms with van der Waals surface area (Å²) in [4.78, 5) is 20.3. The highest BCUT2D eigenvalue weighted by molar-refractivity contribution is 5.95. The number of aromatic amines is 1. The van der Waals surface area contributed by atoms with Crippen LogP contribution in [0.15, 0.2) is 55.1 Å². The van der Waals surface area contributed by atoms with Crippen LogP contribution in [0.1, 0.15) is 21.5 Å². The number of aromatic nitrogens is 3. The number of anilines is 1. The van der Waals surface area contributed by atoms with Crippen LogP contribution in [0, 0.1) is 0 Å². The summed E-state index contributed by atoms with van der Waals surface area (Å²) in [5.41, 5.74) is 4.16. The highest BCUT2D eigenvalue weighted by atomic mass is 16.2. The minimum atomic E-state index is 0.114. The standard InChI is InChI=1S/C20H23N5O/c1-23-15-18(13-22-23)24-7-9-25(10-8-24)20(26)19-14-21-12-17(19)11-16-5-3-2-4-6-16/h2-6,12-15,21H,7-11H2,1H3. The summed E-state index contributed by atoms with van der Waals surface area (Å²) in [6.07, 6.45) is 8.42. The first-order chi connectivity index (χ1) is 12.7. The molecule has 0 aliphatic carbocycles. The lowest BCUT2D eigenvalue weighted by Gasteiger charge is -2.35. The second-order valence-corrected chi connectivity index (χ2v) is 6.71. The average Bonchev–Trinajstić information content (AvgIpc) is 3.31. The van der Waals surface area contributed by atoms with Gasteiger partial charge >= 0.3 is 0 Å². The molecular weight excluding hydrogens is 326 g/mol. The summed E-state index contributed by atoms with van der Waals surface area (Å²) in [5.74, 6) is 0.114. The molecule has 1 amide bonds. The number of carbonyl (C=O) groups excluding carboxylic acids is 1. The summed E-state index contributed by atoms with van der Waals surface area (Å²) < 4.78 is 1.81. The number of aryl methyl sites for hydroxylation is 1. The zero-order chi connectivity index (χ0) is 17.9. The van der Waals surface area contributed by atoms with Gasteiger partial charge in [-0.15, -0.1) is 0 Å². The normalized spacial score (nSPS) is 14.7. The Morgan fingerprint density at radius 3 is 2.58 bits per heavy atom. The summed E-state index contributed by atoms with van der Waals surface area (Å²) in [7, 11) is 1.92. The van der Waals surface area contributed by atoms with Crippen molar-refractivity contribution in [2.75, 3.05) is 31.1 Å². The number of nitrogens with zero attached hydrogens (tertiary/aromatic N) is 4. The number of nitrogens with one attached hydrogen (secondary N) is 1. The van der Waals surface area contributed by atoms with Crippen LogP contribution in [-0.2, 0) is 13.5 Å². The Kier molecular flexibility index (Phi) is 4.48. The second-order valence-electron chi connectivity index (χ2n) is 6.71. The Balaban J connectivity index is 1.42. The maximum atomic E-state index is 13.0. The maximum absolute atomic E-state index is 13.0. The first-order valence-electron chi connectivity index (χ1n) is 8.93. The molecule has 0 unspecified atom stereocenters. The van der Waals surface area contributed by atoms with Gasteiger partial charge in [-0.2, -0.15) is 5.10 Å². The Bertz CT molecular complexity index is 875. The molecule has 26 heavy (non-hydrogen) atoms. The molecule has 1 aliphatic heterocycles. The highest BCUT2D eigenvalue weighted by Crippen LogP contribution is 2.19. The zero-order valence-corrected chi connectivity index (χ0v) is 14.9. The van der Waals surface area contributed by atoms with E-state index in [-0.39, 0.29) is 5.91 Å². The van der Waals surface area contributed by atoms with E-state index in [1.165, 1.54) is 5.56 Å². The molecule has 134 valence electrons. The summed E-state index contributed by atoms with van der Waals surface area (Å²) >= 11 is 0. The van der Waals surface area contributed by atoms with Crippen LogP contribution in [0.3, 0.4) is 0 Å². The van der Waals surface area contributed by atoms with Crippen molar-refractivity contribution in [1.29, 1.82) is 0 Å². The van der Waals surface area contributed by atoms with Crippen molar-refractivity contribution in [1.82, 2.24) is 19.7 Å². The maximum Gasteiger partial charge on any atom is 0.255 e. The number of piperazine rings is 1. The molecule has 0 saturated carbocycles. The van der Waals surface area contributed by atoms with Crippen molar-refractivity contribution in [3.8, 4) is 0 Å². The summed E-state index contributed by atoms with van der Waals surface area (Å²) in [6.45, 7) is 3.11. The van der Waals surface area contributed by atoms with Gasteiger partial charge in [-0.3, -0.25) is 9.48 Å². The van der Waals surface area contributed by atoms with Gasteiger partial charge in [0.2, 0.25) is 0 Å². The number of benzene rings is 1. The van der Waals surface area contributed by atoms with Crippen molar-refractivity contribution in [2.24, 2.45) is 7.05 Å². The van der Waals surface area contributed by atoms with E-state index >= 15 is 0 Å². The molecule has 1 N–H and O–H groups in total. The summed E-state index contributed by atoms with van der Waals surface area (Å²) in [6, 6.07) is 10.2. The van der Waals surface area contributed by atoms with E-state index in [2.05, 4.69) is 27.1 Å². The third-order valence-electron chi connectivity index (χ3n) is 4.92. The van der Waals surface area contributed by atoms with Crippen LogP contribution < -0.4 is 4.90 Å². The number of hydrogen-bond donors (Lipinski definition) is 1. The van der Waals surface area contributed by atoms with Gasteiger partial charge in [0.15, 0.2) is 0 Å². The number of carbonyl (C=O) groups is 1. The van der Waals surface area contributed by atoms with E-state index in [0.29, 0.717) is 0 Å². The molecule has 3 aromatic rings. The Labute approximate surface area is 153 Å². The van der Waals surface area contributed by atoms with Gasteiger partial charge in [0.25, 0.3) is 5.91 Å². The Morgan fingerprint density at radius 1 is 1.12 bits per heavy atom. The van der Waals surface area contributed by atoms with Crippen molar-refractivity contribution < 1.29 is 4.79 Å². The van der Waals surface area contributed by atoms with E-state index < -0.39 is 0 Å². The van der Waals surface area contributed by atoms with Crippen molar-refractivity contribution in [2.45, 2.75) is 6.42 Å².